The molecule has 1 aliphatic heterocycles. The number of amides is 2. The number of carbonyl (C=O) groups excluding carboxylic acids is 2. The van der Waals surface area contributed by atoms with Crippen molar-refractivity contribution < 1.29 is 14.3 Å². The van der Waals surface area contributed by atoms with E-state index in [2.05, 4.69) is 5.32 Å². The maximum Gasteiger partial charge on any atom is 0.226 e. The molecule has 1 aliphatic carbocycles. The van der Waals surface area contributed by atoms with Crippen LogP contribution >= 0.6 is 12.4 Å². The van der Waals surface area contributed by atoms with Gasteiger partial charge < -0.3 is 20.7 Å². The third-order valence-corrected chi connectivity index (χ3v) is 5.12. The molecule has 3 atom stereocenters. The lowest BCUT2D eigenvalue weighted by atomic mass is 9.92. The molecule has 6 nitrogen and oxygen atoms in total. The molecule has 25 heavy (non-hydrogen) atoms. The van der Waals surface area contributed by atoms with Gasteiger partial charge in [-0.15, -0.1) is 12.4 Å². The molecule has 138 valence electrons. The molecular formula is C18H26ClN3O3. The lowest BCUT2D eigenvalue weighted by molar-refractivity contribution is -0.128. The Labute approximate surface area is 154 Å². The van der Waals surface area contributed by atoms with Crippen LogP contribution in [0.3, 0.4) is 0 Å². The van der Waals surface area contributed by atoms with Gasteiger partial charge in [-0.3, -0.25) is 9.59 Å². The van der Waals surface area contributed by atoms with Crippen molar-refractivity contribution in [2.75, 3.05) is 20.7 Å². The van der Waals surface area contributed by atoms with Crippen LogP contribution in [0.4, 0.5) is 0 Å². The molecule has 3 N–H and O–H groups in total. The molecule has 1 saturated heterocycles. The fourth-order valence-corrected chi connectivity index (χ4v) is 3.40. The number of benzene rings is 1. The van der Waals surface area contributed by atoms with E-state index in [4.69, 9.17) is 10.5 Å². The largest absolute Gasteiger partial charge is 0.497 e. The van der Waals surface area contributed by atoms with Gasteiger partial charge in [-0.2, -0.15) is 0 Å². The highest BCUT2D eigenvalue weighted by Gasteiger charge is 2.42. The lowest BCUT2D eigenvalue weighted by Gasteiger charge is -2.25. The number of hydrogen-bond donors (Lipinski definition) is 2. The molecule has 1 aromatic carbocycles. The first-order valence-corrected chi connectivity index (χ1v) is 8.44. The summed E-state index contributed by atoms with van der Waals surface area (Å²) in [5.74, 6) is 0.798. The quantitative estimate of drug-likeness (QED) is 0.797. The maximum atomic E-state index is 12.6. The van der Waals surface area contributed by atoms with Gasteiger partial charge >= 0.3 is 0 Å². The zero-order chi connectivity index (χ0) is 17.3. The van der Waals surface area contributed by atoms with Crippen molar-refractivity contribution in [3.8, 4) is 5.75 Å². The molecule has 2 amide bonds. The molecular weight excluding hydrogens is 342 g/mol. The van der Waals surface area contributed by atoms with Gasteiger partial charge in [-0.1, -0.05) is 12.1 Å². The van der Waals surface area contributed by atoms with E-state index in [-0.39, 0.29) is 48.6 Å². The van der Waals surface area contributed by atoms with Crippen LogP contribution in [0.5, 0.6) is 5.75 Å². The average molecular weight is 368 g/mol. The predicted molar refractivity (Wildman–Crippen MR) is 97.6 cm³/mol. The topological polar surface area (TPSA) is 84.7 Å². The summed E-state index contributed by atoms with van der Waals surface area (Å²) in [5, 5.41) is 2.94. The van der Waals surface area contributed by atoms with Gasteiger partial charge in [-0.25, -0.2) is 0 Å². The van der Waals surface area contributed by atoms with Crippen LogP contribution in [0.25, 0.3) is 0 Å². The van der Waals surface area contributed by atoms with Gasteiger partial charge in [0, 0.05) is 26.1 Å². The van der Waals surface area contributed by atoms with Gasteiger partial charge in [0.15, 0.2) is 0 Å². The second-order valence-corrected chi connectivity index (χ2v) is 6.78. The van der Waals surface area contributed by atoms with Gasteiger partial charge in [0.2, 0.25) is 11.8 Å². The SMILES string of the molecule is COc1ccc(C2C(C(=O)NCC(N)C3CC3)CC(=O)N2C)cc1.Cl. The Kier molecular flexibility index (Phi) is 6.30. The van der Waals surface area contributed by atoms with Crippen LogP contribution in [-0.4, -0.2) is 43.5 Å². The summed E-state index contributed by atoms with van der Waals surface area (Å²) in [7, 11) is 3.36. The van der Waals surface area contributed by atoms with E-state index < -0.39 is 0 Å². The summed E-state index contributed by atoms with van der Waals surface area (Å²) in [6.45, 7) is 0.479. The summed E-state index contributed by atoms with van der Waals surface area (Å²) >= 11 is 0. The zero-order valence-electron chi connectivity index (χ0n) is 14.6. The maximum absolute atomic E-state index is 12.6. The first kappa shape index (κ1) is 19.5. The number of likely N-dealkylation sites (tertiary alicyclic amines) is 1. The molecule has 7 heteroatoms. The smallest absolute Gasteiger partial charge is 0.226 e. The molecule has 0 bridgehead atoms. The van der Waals surface area contributed by atoms with E-state index in [1.807, 2.05) is 24.3 Å². The van der Waals surface area contributed by atoms with Crippen LogP contribution < -0.4 is 15.8 Å². The van der Waals surface area contributed by atoms with Crippen molar-refractivity contribution >= 4 is 24.2 Å². The van der Waals surface area contributed by atoms with Crippen LogP contribution in [0.2, 0.25) is 0 Å². The van der Waals surface area contributed by atoms with Crippen molar-refractivity contribution in [1.82, 2.24) is 10.2 Å². The second-order valence-electron chi connectivity index (χ2n) is 6.78. The summed E-state index contributed by atoms with van der Waals surface area (Å²) in [4.78, 5) is 26.4. The molecule has 1 heterocycles. The Bertz CT molecular complexity index is 618. The molecule has 3 rings (SSSR count). The number of hydrogen-bond acceptors (Lipinski definition) is 4. The van der Waals surface area contributed by atoms with Crippen LogP contribution in [0.1, 0.15) is 30.9 Å². The van der Waals surface area contributed by atoms with Crippen molar-refractivity contribution in [1.29, 1.82) is 0 Å². The highest BCUT2D eigenvalue weighted by atomic mass is 35.5. The van der Waals surface area contributed by atoms with Crippen LogP contribution in [0.15, 0.2) is 24.3 Å². The standard InChI is InChI=1S/C18H25N3O3.ClH/c1-21-16(22)9-14(18(23)20-10-15(19)11-3-4-11)17(21)12-5-7-13(24-2)8-6-12;/h5-8,11,14-15,17H,3-4,9-10,19H2,1-2H3,(H,20,23);1H. The molecule has 2 fully saturated rings. The zero-order valence-corrected chi connectivity index (χ0v) is 15.4. The van der Waals surface area contributed by atoms with Crippen molar-refractivity contribution in [3.63, 3.8) is 0 Å². The highest BCUT2D eigenvalue weighted by molar-refractivity contribution is 5.90. The molecule has 1 saturated carbocycles. The Hall–Kier alpha value is -1.79. The van der Waals surface area contributed by atoms with Crippen molar-refractivity contribution in [2.24, 2.45) is 17.6 Å². The minimum atomic E-state index is -0.387. The number of methoxy groups -OCH3 is 1. The molecule has 3 unspecified atom stereocenters. The van der Waals surface area contributed by atoms with Crippen LogP contribution in [-0.2, 0) is 9.59 Å². The fraction of sp³-hybridized carbons (Fsp3) is 0.556. The minimum Gasteiger partial charge on any atom is -0.497 e. The van der Waals surface area contributed by atoms with E-state index in [0.29, 0.717) is 12.5 Å². The number of nitrogens with one attached hydrogen (secondary N) is 1. The summed E-state index contributed by atoms with van der Waals surface area (Å²) in [5.41, 5.74) is 6.99. The van der Waals surface area contributed by atoms with E-state index in [1.54, 1.807) is 19.1 Å². The normalized spacial score (nSPS) is 23.8. The highest BCUT2D eigenvalue weighted by Crippen LogP contribution is 2.37. The van der Waals surface area contributed by atoms with E-state index in [0.717, 1.165) is 24.2 Å². The molecule has 1 aromatic rings. The van der Waals surface area contributed by atoms with Crippen molar-refractivity contribution in [3.05, 3.63) is 29.8 Å². The Morgan fingerprint density at radius 2 is 2.00 bits per heavy atom. The van der Waals surface area contributed by atoms with E-state index in [9.17, 15) is 9.59 Å². The number of nitrogens with zero attached hydrogens (tertiary/aromatic N) is 1. The molecule has 2 aliphatic rings. The Morgan fingerprint density at radius 3 is 2.56 bits per heavy atom. The Balaban J connectivity index is 0.00000225. The van der Waals surface area contributed by atoms with Gasteiger partial charge in [0.05, 0.1) is 19.1 Å². The summed E-state index contributed by atoms with van der Waals surface area (Å²) in [6.07, 6.45) is 2.53. The van der Waals surface area contributed by atoms with E-state index >= 15 is 0 Å². The average Bonchev–Trinajstić information content (AvgIpc) is 3.40. The van der Waals surface area contributed by atoms with E-state index in [1.165, 1.54) is 0 Å². The minimum absolute atomic E-state index is 0. The molecule has 0 aromatic heterocycles. The first-order chi connectivity index (χ1) is 11.5. The number of rotatable bonds is 6. The van der Waals surface area contributed by atoms with Gasteiger partial charge in [-0.05, 0) is 36.5 Å². The summed E-state index contributed by atoms with van der Waals surface area (Å²) < 4.78 is 5.17. The second kappa shape index (κ2) is 8.06. The predicted octanol–water partition coefficient (Wildman–Crippen LogP) is 1.49. The number of carbonyl (C=O) groups is 2. The fourth-order valence-electron chi connectivity index (χ4n) is 3.40. The Morgan fingerprint density at radius 1 is 1.36 bits per heavy atom. The third kappa shape index (κ3) is 4.25. The summed E-state index contributed by atoms with van der Waals surface area (Å²) in [6, 6.07) is 7.29. The number of nitrogens with two attached hydrogens (primary N) is 1. The molecule has 0 radical (unpaired) electrons. The third-order valence-electron chi connectivity index (χ3n) is 5.12. The van der Waals surface area contributed by atoms with Crippen LogP contribution in [0, 0.1) is 11.8 Å². The number of halogens is 1. The van der Waals surface area contributed by atoms with Gasteiger partial charge in [0.1, 0.15) is 5.75 Å². The molecule has 0 spiro atoms. The van der Waals surface area contributed by atoms with Crippen molar-refractivity contribution in [2.45, 2.75) is 31.3 Å². The van der Waals surface area contributed by atoms with Gasteiger partial charge in [0.25, 0.3) is 0 Å². The first-order valence-electron chi connectivity index (χ1n) is 8.44. The number of ether oxygens (including phenoxy) is 1. The lowest BCUT2D eigenvalue weighted by Crippen LogP contribution is -2.42. The monoisotopic (exact) mass is 367 g/mol.